The number of aryl methyl sites for hydroxylation is 2. The second-order valence-corrected chi connectivity index (χ2v) is 4.21. The number of halogens is 1. The molecule has 0 radical (unpaired) electrons. The van der Waals surface area contributed by atoms with Gasteiger partial charge in [0.15, 0.2) is 5.82 Å². The molecule has 18 heavy (non-hydrogen) atoms. The molecule has 0 spiro atoms. The highest BCUT2D eigenvalue weighted by Crippen LogP contribution is 2.24. The van der Waals surface area contributed by atoms with Gasteiger partial charge in [0.1, 0.15) is 11.6 Å². The lowest BCUT2D eigenvalue weighted by Gasteiger charge is -2.11. The lowest BCUT2D eigenvalue weighted by Crippen LogP contribution is -2.12. The van der Waals surface area contributed by atoms with Crippen LogP contribution in [0.25, 0.3) is 11.4 Å². The number of rotatable bonds is 2. The molecule has 0 atom stereocenters. The van der Waals surface area contributed by atoms with Gasteiger partial charge in [0.2, 0.25) is 0 Å². The summed E-state index contributed by atoms with van der Waals surface area (Å²) in [5, 5.41) is 0. The Kier molecular flexibility index (Phi) is 3.25. The van der Waals surface area contributed by atoms with E-state index in [4.69, 9.17) is 5.84 Å². The number of nitrogens with two attached hydrogens (primary N) is 1. The monoisotopic (exact) mass is 246 g/mol. The Morgan fingerprint density at radius 3 is 2.50 bits per heavy atom. The van der Waals surface area contributed by atoms with Gasteiger partial charge in [-0.3, -0.25) is 0 Å². The van der Waals surface area contributed by atoms with Crippen LogP contribution >= 0.6 is 0 Å². The first kappa shape index (κ1) is 12.4. The number of benzene rings is 1. The van der Waals surface area contributed by atoms with Gasteiger partial charge >= 0.3 is 0 Å². The first-order valence-corrected chi connectivity index (χ1v) is 5.61. The summed E-state index contributed by atoms with van der Waals surface area (Å²) >= 11 is 0. The van der Waals surface area contributed by atoms with Crippen LogP contribution in [0.2, 0.25) is 0 Å². The van der Waals surface area contributed by atoms with Gasteiger partial charge in [-0.2, -0.15) is 0 Å². The van der Waals surface area contributed by atoms with Crippen LogP contribution in [0.3, 0.4) is 0 Å². The Hall–Kier alpha value is -2.01. The van der Waals surface area contributed by atoms with Crippen LogP contribution in [0.1, 0.15) is 16.8 Å². The maximum atomic E-state index is 13.1. The molecule has 0 aliphatic carbocycles. The zero-order valence-corrected chi connectivity index (χ0v) is 10.6. The van der Waals surface area contributed by atoms with E-state index in [1.165, 1.54) is 12.1 Å². The van der Waals surface area contributed by atoms with Crippen LogP contribution in [-0.4, -0.2) is 9.97 Å². The van der Waals surface area contributed by atoms with Crippen LogP contribution in [0, 0.1) is 26.6 Å². The number of nitrogen functional groups attached to an aromatic ring is 1. The normalized spacial score (nSPS) is 10.5. The van der Waals surface area contributed by atoms with E-state index >= 15 is 0 Å². The number of hydrogen-bond acceptors (Lipinski definition) is 4. The van der Waals surface area contributed by atoms with Crippen LogP contribution < -0.4 is 11.3 Å². The molecule has 2 rings (SSSR count). The van der Waals surface area contributed by atoms with Gasteiger partial charge < -0.3 is 5.43 Å². The summed E-state index contributed by atoms with van der Waals surface area (Å²) in [5.74, 6) is 6.29. The summed E-state index contributed by atoms with van der Waals surface area (Å²) in [4.78, 5) is 8.76. The lowest BCUT2D eigenvalue weighted by molar-refractivity contribution is 0.627. The van der Waals surface area contributed by atoms with Gasteiger partial charge in [0.05, 0.1) is 0 Å². The van der Waals surface area contributed by atoms with Crippen LogP contribution in [0.5, 0.6) is 0 Å². The molecule has 0 fully saturated rings. The summed E-state index contributed by atoms with van der Waals surface area (Å²) in [7, 11) is 0. The molecule has 1 aromatic heterocycles. The fourth-order valence-electron chi connectivity index (χ4n) is 1.77. The van der Waals surface area contributed by atoms with Crippen molar-refractivity contribution in [2.75, 3.05) is 5.43 Å². The Morgan fingerprint density at radius 2 is 1.89 bits per heavy atom. The average molecular weight is 246 g/mol. The number of hydrogen-bond donors (Lipinski definition) is 2. The summed E-state index contributed by atoms with van der Waals surface area (Å²) in [6.07, 6.45) is 0. The Bertz CT molecular complexity index is 596. The van der Waals surface area contributed by atoms with Crippen molar-refractivity contribution in [3.63, 3.8) is 0 Å². The van der Waals surface area contributed by atoms with E-state index in [1.54, 1.807) is 6.07 Å². The summed E-state index contributed by atoms with van der Waals surface area (Å²) in [5.41, 5.74) is 5.89. The first-order valence-electron chi connectivity index (χ1n) is 5.61. The molecule has 1 aromatic carbocycles. The van der Waals surface area contributed by atoms with E-state index in [0.29, 0.717) is 11.6 Å². The van der Waals surface area contributed by atoms with Gasteiger partial charge in [-0.1, -0.05) is 0 Å². The number of hydrazine groups is 1. The summed E-state index contributed by atoms with van der Waals surface area (Å²) in [6.45, 7) is 5.61. The number of nitrogens with zero attached hydrogens (tertiary/aromatic N) is 2. The maximum absolute atomic E-state index is 13.1. The predicted octanol–water partition coefficient (Wildman–Crippen LogP) is 2.49. The highest BCUT2D eigenvalue weighted by Gasteiger charge is 2.11. The second-order valence-electron chi connectivity index (χ2n) is 4.21. The second kappa shape index (κ2) is 4.70. The molecule has 0 bridgehead atoms. The Balaban J connectivity index is 2.60. The quantitative estimate of drug-likeness (QED) is 0.631. The first-order chi connectivity index (χ1) is 8.52. The van der Waals surface area contributed by atoms with Crippen LogP contribution in [-0.2, 0) is 0 Å². The number of anilines is 1. The molecular formula is C13H15FN4. The van der Waals surface area contributed by atoms with Gasteiger partial charge in [-0.25, -0.2) is 20.2 Å². The van der Waals surface area contributed by atoms with Crippen molar-refractivity contribution in [3.8, 4) is 11.4 Å². The minimum absolute atomic E-state index is 0.266. The molecule has 3 N–H and O–H groups in total. The third kappa shape index (κ3) is 2.17. The molecule has 0 aliphatic heterocycles. The Morgan fingerprint density at radius 1 is 1.17 bits per heavy atom. The largest absolute Gasteiger partial charge is 0.308 e. The summed E-state index contributed by atoms with van der Waals surface area (Å²) in [6, 6.07) is 4.54. The standard InChI is InChI=1S/C13H15FN4/c1-7-6-10(14)4-5-11(7)13-16-9(3)8(2)12(17-13)18-15/h4-6H,15H2,1-3H3,(H,16,17,18). The van der Waals surface area contributed by atoms with E-state index < -0.39 is 0 Å². The van der Waals surface area contributed by atoms with Gasteiger partial charge in [0.25, 0.3) is 0 Å². The van der Waals surface area contributed by atoms with Gasteiger partial charge in [-0.15, -0.1) is 0 Å². The topological polar surface area (TPSA) is 63.8 Å². The Labute approximate surface area is 105 Å². The minimum atomic E-state index is -0.266. The molecule has 2 aromatic rings. The molecule has 94 valence electrons. The molecule has 1 heterocycles. The number of nitrogens with one attached hydrogen (secondary N) is 1. The van der Waals surface area contributed by atoms with E-state index in [2.05, 4.69) is 15.4 Å². The third-order valence-electron chi connectivity index (χ3n) is 2.96. The van der Waals surface area contributed by atoms with Crippen molar-refractivity contribution >= 4 is 5.82 Å². The third-order valence-corrected chi connectivity index (χ3v) is 2.96. The molecule has 5 heteroatoms. The highest BCUT2D eigenvalue weighted by molar-refractivity contribution is 5.63. The maximum Gasteiger partial charge on any atom is 0.162 e. The van der Waals surface area contributed by atoms with Gasteiger partial charge in [-0.05, 0) is 44.5 Å². The zero-order chi connectivity index (χ0) is 13.3. The van der Waals surface area contributed by atoms with Crippen molar-refractivity contribution < 1.29 is 4.39 Å². The zero-order valence-electron chi connectivity index (χ0n) is 10.6. The van der Waals surface area contributed by atoms with E-state index in [1.807, 2.05) is 20.8 Å². The number of aromatic nitrogens is 2. The van der Waals surface area contributed by atoms with Crippen molar-refractivity contribution in [1.29, 1.82) is 0 Å². The fourth-order valence-corrected chi connectivity index (χ4v) is 1.77. The minimum Gasteiger partial charge on any atom is -0.308 e. The van der Waals surface area contributed by atoms with Crippen LogP contribution in [0.4, 0.5) is 10.2 Å². The molecule has 0 aliphatic rings. The molecular weight excluding hydrogens is 231 g/mol. The molecule has 0 saturated heterocycles. The van der Waals surface area contributed by atoms with Crippen molar-refractivity contribution in [1.82, 2.24) is 9.97 Å². The molecule has 0 saturated carbocycles. The summed E-state index contributed by atoms with van der Waals surface area (Å²) < 4.78 is 13.1. The molecule has 0 unspecified atom stereocenters. The highest BCUT2D eigenvalue weighted by atomic mass is 19.1. The SMILES string of the molecule is Cc1cc(F)ccc1-c1nc(C)c(C)c(NN)n1. The average Bonchev–Trinajstić information content (AvgIpc) is 2.32. The van der Waals surface area contributed by atoms with E-state index in [-0.39, 0.29) is 5.82 Å². The molecule has 4 nitrogen and oxygen atoms in total. The van der Waals surface area contributed by atoms with Crippen molar-refractivity contribution in [2.45, 2.75) is 20.8 Å². The van der Waals surface area contributed by atoms with Crippen molar-refractivity contribution in [2.24, 2.45) is 5.84 Å². The van der Waals surface area contributed by atoms with E-state index in [9.17, 15) is 4.39 Å². The van der Waals surface area contributed by atoms with E-state index in [0.717, 1.165) is 22.4 Å². The van der Waals surface area contributed by atoms with Crippen LogP contribution in [0.15, 0.2) is 18.2 Å². The fraction of sp³-hybridized carbons (Fsp3) is 0.231. The van der Waals surface area contributed by atoms with Crippen molar-refractivity contribution in [3.05, 3.63) is 40.8 Å². The van der Waals surface area contributed by atoms with Gasteiger partial charge in [0, 0.05) is 16.8 Å². The molecule has 0 amide bonds. The lowest BCUT2D eigenvalue weighted by atomic mass is 10.1. The predicted molar refractivity (Wildman–Crippen MR) is 69.4 cm³/mol. The smallest absolute Gasteiger partial charge is 0.162 e.